The third-order valence-electron chi connectivity index (χ3n) is 9.36. The van der Waals surface area contributed by atoms with Crippen molar-refractivity contribution in [2.24, 2.45) is 0 Å². The third-order valence-corrected chi connectivity index (χ3v) is 9.36. The van der Waals surface area contributed by atoms with Gasteiger partial charge in [0.1, 0.15) is 0 Å². The molecule has 0 aliphatic rings. The Labute approximate surface area is 289 Å². The molecule has 0 spiro atoms. The fourth-order valence-electron chi connectivity index (χ4n) is 6.16. The summed E-state index contributed by atoms with van der Waals surface area (Å²) in [6.07, 6.45) is 34.4. The first-order chi connectivity index (χ1) is 22.6. The minimum absolute atomic E-state index is 0.190. The smallest absolute Gasteiger partial charge is 0.234 e. The maximum Gasteiger partial charge on any atom is 0.234 e. The summed E-state index contributed by atoms with van der Waals surface area (Å²) in [6.45, 7) is 18.8. The molecule has 46 heavy (non-hydrogen) atoms. The lowest BCUT2D eigenvalue weighted by molar-refractivity contribution is -0.122. The number of amides is 1. The number of ether oxygens (including phenoxy) is 1. The molecule has 1 amide bonds. The van der Waals surface area contributed by atoms with Crippen LogP contribution in [0.1, 0.15) is 195 Å². The van der Waals surface area contributed by atoms with Gasteiger partial charge >= 0.3 is 0 Å². The Balaban J connectivity index is 4.79. The zero-order valence-electron chi connectivity index (χ0n) is 32.1. The number of carbonyl (C=O) groups excluding carboxylic acids is 1. The van der Waals surface area contributed by atoms with Crippen molar-refractivity contribution in [3.63, 3.8) is 0 Å². The molecule has 0 heterocycles. The Morgan fingerprint density at radius 2 is 0.957 bits per heavy atom. The molecule has 0 aromatic rings. The number of allylic oxidation sites excluding steroid dienone is 2. The summed E-state index contributed by atoms with van der Waals surface area (Å²) in [5, 5.41) is 3.22. The number of hydrogen-bond acceptors (Lipinski definition) is 4. The summed E-state index contributed by atoms with van der Waals surface area (Å²) in [7, 11) is 0. The normalized spacial score (nSPS) is 12.0. The molecule has 0 bridgehead atoms. The van der Waals surface area contributed by atoms with Crippen LogP contribution in [0.25, 0.3) is 0 Å². The van der Waals surface area contributed by atoms with Crippen LogP contribution in [0.5, 0.6) is 0 Å². The molecule has 0 saturated heterocycles. The van der Waals surface area contributed by atoms with E-state index < -0.39 is 0 Å². The molecule has 0 aromatic carbocycles. The minimum atomic E-state index is 0.190. The van der Waals surface area contributed by atoms with Crippen LogP contribution in [0.4, 0.5) is 0 Å². The third kappa shape index (κ3) is 31.5. The van der Waals surface area contributed by atoms with Crippen molar-refractivity contribution in [1.82, 2.24) is 15.1 Å². The monoisotopic (exact) mass is 650 g/mol. The number of nitrogens with one attached hydrogen (secondary N) is 1. The first-order valence-electron chi connectivity index (χ1n) is 20.6. The summed E-state index contributed by atoms with van der Waals surface area (Å²) >= 11 is 0. The number of unbranched alkanes of at least 4 members (excludes halogenated alkanes) is 19. The van der Waals surface area contributed by atoms with Crippen molar-refractivity contribution in [2.45, 2.75) is 195 Å². The van der Waals surface area contributed by atoms with Gasteiger partial charge in [-0.05, 0) is 71.2 Å². The van der Waals surface area contributed by atoms with E-state index in [2.05, 4.69) is 55.8 Å². The second-order valence-electron chi connectivity index (χ2n) is 13.9. The van der Waals surface area contributed by atoms with E-state index >= 15 is 0 Å². The Morgan fingerprint density at radius 3 is 1.43 bits per heavy atom. The zero-order valence-corrected chi connectivity index (χ0v) is 32.1. The van der Waals surface area contributed by atoms with Crippen molar-refractivity contribution in [3.05, 3.63) is 11.8 Å². The Hall–Kier alpha value is -1.07. The van der Waals surface area contributed by atoms with E-state index in [0.29, 0.717) is 6.54 Å². The summed E-state index contributed by atoms with van der Waals surface area (Å²) in [5.41, 5.74) is 0. The second-order valence-corrected chi connectivity index (χ2v) is 13.9. The molecule has 0 rings (SSSR count). The van der Waals surface area contributed by atoms with Crippen molar-refractivity contribution >= 4 is 5.91 Å². The van der Waals surface area contributed by atoms with Crippen LogP contribution in [-0.2, 0) is 9.53 Å². The van der Waals surface area contributed by atoms with Gasteiger partial charge in [-0.1, -0.05) is 143 Å². The molecule has 0 aliphatic heterocycles. The van der Waals surface area contributed by atoms with Crippen LogP contribution < -0.4 is 5.32 Å². The van der Waals surface area contributed by atoms with Gasteiger partial charge in [0.25, 0.3) is 0 Å². The van der Waals surface area contributed by atoms with Gasteiger partial charge in [-0.3, -0.25) is 9.69 Å². The van der Waals surface area contributed by atoms with Crippen LogP contribution in [0.2, 0.25) is 0 Å². The molecule has 5 heteroatoms. The fourth-order valence-corrected chi connectivity index (χ4v) is 6.16. The molecule has 0 fully saturated rings. The lowest BCUT2D eigenvalue weighted by Gasteiger charge is -2.28. The lowest BCUT2D eigenvalue weighted by atomic mass is 10.1. The summed E-state index contributed by atoms with van der Waals surface area (Å²) in [6, 6.07) is 0. The van der Waals surface area contributed by atoms with Gasteiger partial charge in [0.2, 0.25) is 5.91 Å². The quantitative estimate of drug-likeness (QED) is 0.0537. The first-order valence-corrected chi connectivity index (χ1v) is 20.6. The molecule has 274 valence electrons. The molecule has 0 atom stereocenters. The maximum atomic E-state index is 13.0. The average Bonchev–Trinajstić information content (AvgIpc) is 3.06. The number of hydrogen-bond donors (Lipinski definition) is 1. The molecule has 1 N–H and O–H groups in total. The van der Waals surface area contributed by atoms with E-state index in [1.54, 1.807) is 0 Å². The van der Waals surface area contributed by atoms with Gasteiger partial charge in [0, 0.05) is 26.1 Å². The van der Waals surface area contributed by atoms with E-state index in [-0.39, 0.29) is 5.91 Å². The molecule has 0 aliphatic carbocycles. The van der Waals surface area contributed by atoms with Gasteiger partial charge in [-0.2, -0.15) is 0 Å². The molecule has 5 nitrogen and oxygen atoms in total. The molecular weight excluding hydrogens is 566 g/mol. The van der Waals surface area contributed by atoms with Gasteiger partial charge in [0.05, 0.1) is 18.9 Å². The van der Waals surface area contributed by atoms with Crippen molar-refractivity contribution in [3.8, 4) is 0 Å². The number of carbonyl (C=O) groups is 1. The van der Waals surface area contributed by atoms with Crippen LogP contribution in [0.15, 0.2) is 11.8 Å². The van der Waals surface area contributed by atoms with E-state index in [0.717, 1.165) is 57.8 Å². The second kappa shape index (κ2) is 36.8. The number of rotatable bonds is 37. The predicted molar refractivity (Wildman–Crippen MR) is 204 cm³/mol. The summed E-state index contributed by atoms with van der Waals surface area (Å²) < 4.78 is 5.95. The highest BCUT2D eigenvalue weighted by Gasteiger charge is 2.13. The Kier molecular flexibility index (Phi) is 35.9. The topological polar surface area (TPSA) is 44.8 Å². The molecular formula is C41H83N3O2. The highest BCUT2D eigenvalue weighted by atomic mass is 16.5. The van der Waals surface area contributed by atoms with E-state index in [9.17, 15) is 4.79 Å². The largest absolute Gasteiger partial charge is 0.498 e. The fraction of sp³-hybridized carbons (Fsp3) is 0.927. The van der Waals surface area contributed by atoms with Crippen molar-refractivity contribution in [1.29, 1.82) is 0 Å². The Morgan fingerprint density at radius 1 is 0.522 bits per heavy atom. The number of nitrogens with zero attached hydrogens (tertiary/aromatic N) is 2. The van der Waals surface area contributed by atoms with Crippen molar-refractivity contribution < 1.29 is 9.53 Å². The molecule has 0 saturated carbocycles. The van der Waals surface area contributed by atoms with E-state index in [1.165, 1.54) is 154 Å². The molecule has 0 aromatic heterocycles. The van der Waals surface area contributed by atoms with Gasteiger partial charge < -0.3 is 15.0 Å². The van der Waals surface area contributed by atoms with Gasteiger partial charge in [-0.25, -0.2) is 0 Å². The maximum absolute atomic E-state index is 13.0. The highest BCUT2D eigenvalue weighted by Crippen LogP contribution is 2.12. The summed E-state index contributed by atoms with van der Waals surface area (Å²) in [4.78, 5) is 18.2. The summed E-state index contributed by atoms with van der Waals surface area (Å²) in [5.74, 6) is 1.31. The minimum Gasteiger partial charge on any atom is -0.498 e. The molecule has 0 unspecified atom stereocenters. The zero-order chi connectivity index (χ0) is 33.8. The predicted octanol–water partition coefficient (Wildman–Crippen LogP) is 11.5. The standard InChI is InChI=1S/C41H83N3O2/c1-6-11-15-18-21-24-28-34-43(33-27-23-20-17-13-8-3)36-37-44(35-29-25-22-19-16-12-7-2)39-41(45)42-32-26-30-38-46-40(10-5)31-14-9-4/h10H,6-9,11-39H2,1-5H3,(H,42,45)/b40-10+. The van der Waals surface area contributed by atoms with Gasteiger partial charge in [0.15, 0.2) is 0 Å². The van der Waals surface area contributed by atoms with E-state index in [1.807, 2.05) is 0 Å². The van der Waals surface area contributed by atoms with Crippen molar-refractivity contribution in [2.75, 3.05) is 52.4 Å². The highest BCUT2D eigenvalue weighted by molar-refractivity contribution is 5.77. The van der Waals surface area contributed by atoms with Crippen LogP contribution in [0, 0.1) is 0 Å². The van der Waals surface area contributed by atoms with Crippen LogP contribution >= 0.6 is 0 Å². The lowest BCUT2D eigenvalue weighted by Crippen LogP contribution is -2.42. The van der Waals surface area contributed by atoms with Gasteiger partial charge in [-0.15, -0.1) is 0 Å². The van der Waals surface area contributed by atoms with E-state index in [4.69, 9.17) is 4.74 Å². The average molecular weight is 650 g/mol. The first kappa shape index (κ1) is 44.9. The Bertz CT molecular complexity index is 654. The van der Waals surface area contributed by atoms with Crippen LogP contribution in [0.3, 0.4) is 0 Å². The SMILES string of the molecule is C/C=C(\CCCC)OCCCCNC(=O)CN(CCCCCCCCC)CCN(CCCCCCCC)CCCCCCCCC. The van der Waals surface area contributed by atoms with Crippen LogP contribution in [-0.4, -0.2) is 68.1 Å². The molecule has 0 radical (unpaired) electrons.